The molecule has 1 saturated carbocycles. The van der Waals surface area contributed by atoms with Crippen molar-refractivity contribution in [1.82, 2.24) is 14.8 Å². The fourth-order valence-electron chi connectivity index (χ4n) is 6.60. The van der Waals surface area contributed by atoms with Crippen molar-refractivity contribution in [2.45, 2.75) is 38.3 Å². The Morgan fingerprint density at radius 2 is 2.06 bits per heavy atom. The molecular weight excluding hydrogens is 443 g/mol. The molecule has 1 aromatic heterocycles. The molecule has 35 heavy (non-hydrogen) atoms. The number of benzene rings is 1. The Bertz CT molecular complexity index is 1190. The largest absolute Gasteiger partial charge is 0.496 e. The van der Waals surface area contributed by atoms with Crippen LogP contribution in [-0.2, 0) is 11.3 Å². The van der Waals surface area contributed by atoms with Crippen molar-refractivity contribution in [1.29, 1.82) is 0 Å². The van der Waals surface area contributed by atoms with Gasteiger partial charge < -0.3 is 9.64 Å². The summed E-state index contributed by atoms with van der Waals surface area (Å²) in [6.45, 7) is 3.67. The van der Waals surface area contributed by atoms with Gasteiger partial charge in [0.2, 0.25) is 5.91 Å². The summed E-state index contributed by atoms with van der Waals surface area (Å²) in [5.41, 5.74) is 5.30. The molecule has 2 fully saturated rings. The lowest BCUT2D eigenvalue weighted by Crippen LogP contribution is -2.43. The smallest absolute Gasteiger partial charge is 0.223 e. The van der Waals surface area contributed by atoms with Crippen molar-refractivity contribution in [3.8, 4) is 5.75 Å². The fraction of sp³-hybridized carbons (Fsp3) is 0.464. The molecule has 4 aliphatic rings. The van der Waals surface area contributed by atoms with Gasteiger partial charge in [-0.1, -0.05) is 6.07 Å². The lowest BCUT2D eigenvalue weighted by molar-refractivity contribution is -0.132. The molecule has 0 radical (unpaired) electrons. The summed E-state index contributed by atoms with van der Waals surface area (Å²) in [6, 6.07) is 9.31. The summed E-state index contributed by atoms with van der Waals surface area (Å²) in [4.78, 5) is 26.7. The first-order valence-electron chi connectivity index (χ1n) is 12.6. The van der Waals surface area contributed by atoms with Crippen LogP contribution in [0, 0.1) is 17.7 Å². The second-order valence-corrected chi connectivity index (χ2v) is 10.3. The van der Waals surface area contributed by atoms with Gasteiger partial charge in [0.25, 0.3) is 0 Å². The normalized spacial score (nSPS) is 25.7. The number of halogens is 1. The van der Waals surface area contributed by atoms with E-state index in [-0.39, 0.29) is 11.7 Å². The average molecular weight is 475 g/mol. The number of nitrogens with zero attached hydrogens (tertiary/aromatic N) is 4. The van der Waals surface area contributed by atoms with E-state index < -0.39 is 0 Å². The molecule has 1 aromatic carbocycles. The molecule has 0 spiro atoms. The molecule has 2 aromatic rings. The molecule has 0 N–H and O–H groups in total. The molecule has 7 heteroatoms. The Morgan fingerprint density at radius 3 is 2.86 bits per heavy atom. The third kappa shape index (κ3) is 4.16. The Hall–Kier alpha value is -3.06. The number of methoxy groups -OCH3 is 1. The van der Waals surface area contributed by atoms with E-state index in [9.17, 15) is 9.18 Å². The predicted octanol–water partition coefficient (Wildman–Crippen LogP) is 3.86. The van der Waals surface area contributed by atoms with Crippen LogP contribution in [0.15, 0.2) is 58.9 Å². The number of amides is 1. The number of pyridine rings is 1. The number of aliphatic imine (C=N–C) groups is 1. The van der Waals surface area contributed by atoms with Crippen LogP contribution in [0.4, 0.5) is 4.39 Å². The van der Waals surface area contributed by atoms with Gasteiger partial charge in [0.15, 0.2) is 0 Å². The molecule has 6 nitrogen and oxygen atoms in total. The zero-order valence-corrected chi connectivity index (χ0v) is 20.1. The van der Waals surface area contributed by atoms with Crippen molar-refractivity contribution in [2.75, 3.05) is 33.3 Å². The zero-order valence-electron chi connectivity index (χ0n) is 20.1. The van der Waals surface area contributed by atoms with Crippen molar-refractivity contribution in [2.24, 2.45) is 16.8 Å². The molecule has 3 atom stereocenters. The molecular formula is C28H31FN4O2. The van der Waals surface area contributed by atoms with Gasteiger partial charge in [0, 0.05) is 62.2 Å². The third-order valence-corrected chi connectivity index (χ3v) is 8.29. The maximum atomic E-state index is 14.6. The van der Waals surface area contributed by atoms with Crippen molar-refractivity contribution in [3.63, 3.8) is 0 Å². The molecule has 3 unspecified atom stereocenters. The van der Waals surface area contributed by atoms with Gasteiger partial charge in [-0.25, -0.2) is 4.39 Å². The number of aromatic nitrogens is 1. The van der Waals surface area contributed by atoms with Crippen LogP contribution in [0.5, 0.6) is 5.75 Å². The van der Waals surface area contributed by atoms with Crippen LogP contribution in [0.3, 0.4) is 0 Å². The van der Waals surface area contributed by atoms with E-state index in [2.05, 4.69) is 9.88 Å². The highest BCUT2D eigenvalue weighted by Gasteiger charge is 2.46. The van der Waals surface area contributed by atoms with E-state index in [4.69, 9.17) is 9.73 Å². The van der Waals surface area contributed by atoms with Crippen LogP contribution in [0.1, 0.15) is 36.8 Å². The summed E-state index contributed by atoms with van der Waals surface area (Å²) in [7, 11) is 1.59. The summed E-state index contributed by atoms with van der Waals surface area (Å²) in [5, 5.41) is 0. The summed E-state index contributed by atoms with van der Waals surface area (Å²) >= 11 is 0. The van der Waals surface area contributed by atoms with Crippen molar-refractivity contribution >= 4 is 11.6 Å². The number of piperidine rings is 1. The first-order valence-corrected chi connectivity index (χ1v) is 12.6. The van der Waals surface area contributed by atoms with Gasteiger partial charge in [-0.15, -0.1) is 0 Å². The van der Waals surface area contributed by atoms with E-state index in [1.807, 2.05) is 23.1 Å². The van der Waals surface area contributed by atoms with E-state index in [0.29, 0.717) is 48.7 Å². The number of hydrogen-bond acceptors (Lipinski definition) is 5. The van der Waals surface area contributed by atoms with Crippen LogP contribution in [-0.4, -0.2) is 65.7 Å². The molecule has 1 aliphatic carbocycles. The Labute approximate surface area is 205 Å². The highest BCUT2D eigenvalue weighted by Crippen LogP contribution is 2.45. The summed E-state index contributed by atoms with van der Waals surface area (Å²) in [6.07, 6.45) is 7.24. The maximum absolute atomic E-state index is 14.6. The van der Waals surface area contributed by atoms with Crippen LogP contribution < -0.4 is 4.74 Å². The number of fused-ring (bicyclic) bond motifs is 2. The monoisotopic (exact) mass is 474 g/mol. The number of hydrogen-bond donors (Lipinski definition) is 0. The zero-order chi connectivity index (χ0) is 23.9. The topological polar surface area (TPSA) is 58.0 Å². The number of rotatable bonds is 6. The Kier molecular flexibility index (Phi) is 5.88. The first kappa shape index (κ1) is 22.4. The molecule has 6 rings (SSSR count). The van der Waals surface area contributed by atoms with Crippen molar-refractivity contribution < 1.29 is 13.9 Å². The van der Waals surface area contributed by atoms with Gasteiger partial charge in [-0.3, -0.25) is 19.7 Å². The SMILES string of the molecule is COc1cccc(F)c1CN1CC2CC(CC(=O)N3CCC4=C(C3)C(c3ccncc3)=NC4)C1C2. The fourth-order valence-corrected chi connectivity index (χ4v) is 6.60. The second kappa shape index (κ2) is 9.19. The maximum Gasteiger partial charge on any atom is 0.223 e. The van der Waals surface area contributed by atoms with Crippen LogP contribution in [0.25, 0.3) is 0 Å². The number of carbonyl (C=O) groups is 1. The first-order chi connectivity index (χ1) is 17.1. The molecule has 3 aliphatic heterocycles. The quantitative estimate of drug-likeness (QED) is 0.638. The Balaban J connectivity index is 1.12. The van der Waals surface area contributed by atoms with E-state index in [0.717, 1.165) is 50.2 Å². The van der Waals surface area contributed by atoms with Gasteiger partial charge in [0.05, 0.1) is 19.4 Å². The van der Waals surface area contributed by atoms with Gasteiger partial charge >= 0.3 is 0 Å². The summed E-state index contributed by atoms with van der Waals surface area (Å²) < 4.78 is 20.0. The molecule has 182 valence electrons. The summed E-state index contributed by atoms with van der Waals surface area (Å²) in [5.74, 6) is 1.53. The third-order valence-electron chi connectivity index (χ3n) is 8.29. The average Bonchev–Trinajstić information content (AvgIpc) is 3.59. The molecule has 1 amide bonds. The van der Waals surface area contributed by atoms with E-state index in [1.165, 1.54) is 17.2 Å². The lowest BCUT2D eigenvalue weighted by atomic mass is 9.92. The molecule has 2 bridgehead atoms. The predicted molar refractivity (Wildman–Crippen MR) is 132 cm³/mol. The minimum Gasteiger partial charge on any atom is -0.496 e. The standard InChI is InChI=1S/C28H31FN4O2/c1-35-26-4-2-3-24(29)23(26)17-33-15-18-11-21(25(33)12-18)13-27(34)32-10-7-20-14-31-28(22(20)16-32)19-5-8-30-9-6-19/h2-6,8-9,18,21,25H,7,10-17H2,1H3. The van der Waals surface area contributed by atoms with E-state index >= 15 is 0 Å². The minimum atomic E-state index is -0.222. The van der Waals surface area contributed by atoms with Crippen LogP contribution in [0.2, 0.25) is 0 Å². The lowest BCUT2D eigenvalue weighted by Gasteiger charge is -2.35. The highest BCUT2D eigenvalue weighted by molar-refractivity contribution is 6.15. The highest BCUT2D eigenvalue weighted by atomic mass is 19.1. The van der Waals surface area contributed by atoms with Gasteiger partial charge in [-0.05, 0) is 66.5 Å². The second-order valence-electron chi connectivity index (χ2n) is 10.3. The Morgan fingerprint density at radius 1 is 1.20 bits per heavy atom. The number of carbonyl (C=O) groups excluding carboxylic acids is 1. The van der Waals surface area contributed by atoms with Crippen LogP contribution >= 0.6 is 0 Å². The number of ether oxygens (including phenoxy) is 1. The van der Waals surface area contributed by atoms with Gasteiger partial charge in [0.1, 0.15) is 11.6 Å². The molecule has 1 saturated heterocycles. The number of likely N-dealkylation sites (tertiary alicyclic amines) is 1. The molecule has 4 heterocycles. The van der Waals surface area contributed by atoms with Crippen molar-refractivity contribution in [3.05, 3.63) is 70.8 Å². The minimum absolute atomic E-state index is 0.222. The van der Waals surface area contributed by atoms with E-state index in [1.54, 1.807) is 25.6 Å². The van der Waals surface area contributed by atoms with Gasteiger partial charge in [-0.2, -0.15) is 0 Å².